The van der Waals surface area contributed by atoms with Crippen molar-refractivity contribution < 1.29 is 34.5 Å². The number of nitrogens with zero attached hydrogens (tertiary/aromatic N) is 1. The van der Waals surface area contributed by atoms with E-state index in [1.807, 2.05) is 72.8 Å². The molecule has 3 aromatic rings. The van der Waals surface area contributed by atoms with Gasteiger partial charge < -0.3 is 29.9 Å². The lowest BCUT2D eigenvalue weighted by Gasteiger charge is -2.42. The van der Waals surface area contributed by atoms with Gasteiger partial charge in [-0.2, -0.15) is 0 Å². The van der Waals surface area contributed by atoms with Gasteiger partial charge in [-0.05, 0) is 66.6 Å². The standard InChI is InChI=1S/C36H44ClN3O7/c37-29-15-13-28(14-16-29)36(44)17-19-40(20-18-36)23-31-22-32(26-11-9-25(24-41)10-12-26)47-35(46-31)27-5-4-6-30(21-27)38-33(42)7-2-1-3-8-34(43)39-45/h4-6,9-16,21,31-32,35,41,44-45H,1-3,7-8,17-20,22-24H2,(H,38,42)(H,39,43). The van der Waals surface area contributed by atoms with Gasteiger partial charge in [-0.1, -0.05) is 66.6 Å². The number of likely N-dealkylation sites (tertiary alicyclic amines) is 1. The number of benzene rings is 3. The Hall–Kier alpha value is -3.35. The third kappa shape index (κ3) is 9.84. The topological polar surface area (TPSA) is 141 Å². The number of hydrogen-bond donors (Lipinski definition) is 5. The molecule has 0 spiro atoms. The van der Waals surface area contributed by atoms with Crippen molar-refractivity contribution in [3.05, 3.63) is 100 Å². The molecule has 0 radical (unpaired) electrons. The summed E-state index contributed by atoms with van der Waals surface area (Å²) in [5.74, 6) is -0.551. The summed E-state index contributed by atoms with van der Waals surface area (Å²) in [7, 11) is 0. The summed E-state index contributed by atoms with van der Waals surface area (Å²) in [6.07, 6.45) is 3.26. The second-order valence-corrected chi connectivity index (χ2v) is 12.9. The van der Waals surface area contributed by atoms with Crippen LogP contribution in [0.5, 0.6) is 0 Å². The first-order valence-electron chi connectivity index (χ1n) is 16.3. The molecule has 11 heteroatoms. The molecule has 2 heterocycles. The molecule has 5 N–H and O–H groups in total. The molecule has 0 saturated carbocycles. The van der Waals surface area contributed by atoms with Crippen LogP contribution in [-0.4, -0.2) is 57.9 Å². The lowest BCUT2D eigenvalue weighted by molar-refractivity contribution is -0.253. The maximum Gasteiger partial charge on any atom is 0.243 e. The Morgan fingerprint density at radius 3 is 2.28 bits per heavy atom. The molecule has 2 amide bonds. The number of halogens is 1. The number of ether oxygens (including phenoxy) is 2. The number of carbonyl (C=O) groups excluding carboxylic acids is 2. The van der Waals surface area contributed by atoms with Crippen LogP contribution < -0.4 is 10.8 Å². The summed E-state index contributed by atoms with van der Waals surface area (Å²) < 4.78 is 13.1. The van der Waals surface area contributed by atoms with Crippen molar-refractivity contribution in [2.24, 2.45) is 0 Å². The molecule has 3 atom stereocenters. The number of aliphatic hydroxyl groups is 2. The third-order valence-electron chi connectivity index (χ3n) is 9.02. The number of nitrogens with one attached hydrogen (secondary N) is 2. The molecule has 2 aliphatic rings. The van der Waals surface area contributed by atoms with E-state index in [1.54, 1.807) is 5.48 Å². The molecule has 2 aliphatic heterocycles. The van der Waals surface area contributed by atoms with Gasteiger partial charge in [0.2, 0.25) is 11.8 Å². The van der Waals surface area contributed by atoms with Gasteiger partial charge >= 0.3 is 0 Å². The third-order valence-corrected chi connectivity index (χ3v) is 9.27. The average Bonchev–Trinajstić information content (AvgIpc) is 3.09. The number of amides is 2. The number of aliphatic hydroxyl groups excluding tert-OH is 1. The zero-order valence-electron chi connectivity index (χ0n) is 26.4. The normalized spacial score (nSPS) is 21.2. The van der Waals surface area contributed by atoms with Crippen LogP contribution in [0.15, 0.2) is 72.8 Å². The lowest BCUT2D eigenvalue weighted by atomic mass is 9.84. The maximum absolute atomic E-state index is 12.6. The van der Waals surface area contributed by atoms with Gasteiger partial charge in [0.1, 0.15) is 0 Å². The summed E-state index contributed by atoms with van der Waals surface area (Å²) in [6.45, 7) is 2.09. The number of piperidine rings is 1. The monoisotopic (exact) mass is 665 g/mol. The zero-order chi connectivity index (χ0) is 33.2. The number of anilines is 1. The highest BCUT2D eigenvalue weighted by Gasteiger charge is 2.37. The van der Waals surface area contributed by atoms with E-state index >= 15 is 0 Å². The second-order valence-electron chi connectivity index (χ2n) is 12.5. The molecule has 2 fully saturated rings. The van der Waals surface area contributed by atoms with E-state index in [4.69, 9.17) is 26.3 Å². The number of hydrogen-bond acceptors (Lipinski definition) is 8. The van der Waals surface area contributed by atoms with Crippen molar-refractivity contribution in [3.8, 4) is 0 Å². The van der Waals surface area contributed by atoms with Crippen LogP contribution in [0.4, 0.5) is 5.69 Å². The van der Waals surface area contributed by atoms with E-state index in [0.717, 1.165) is 35.3 Å². The van der Waals surface area contributed by atoms with Gasteiger partial charge in [-0.15, -0.1) is 0 Å². The summed E-state index contributed by atoms with van der Waals surface area (Å²) in [5, 5.41) is 33.1. The van der Waals surface area contributed by atoms with Crippen molar-refractivity contribution in [3.63, 3.8) is 0 Å². The predicted octanol–water partition coefficient (Wildman–Crippen LogP) is 5.76. The number of rotatable bonds is 13. The quantitative estimate of drug-likeness (QED) is 0.0883. The SMILES string of the molecule is O=C(CCCCCC(=O)Nc1cccc(C2OC(CN3CCC(O)(c4ccc(Cl)cc4)CC3)CC(c3ccc(CO)cc3)O2)c1)NO. The molecule has 0 aliphatic carbocycles. The highest BCUT2D eigenvalue weighted by Crippen LogP contribution is 2.40. The van der Waals surface area contributed by atoms with E-state index in [9.17, 15) is 19.8 Å². The van der Waals surface area contributed by atoms with Crippen molar-refractivity contribution in [2.45, 2.75) is 82.1 Å². The van der Waals surface area contributed by atoms with Gasteiger partial charge in [0.25, 0.3) is 0 Å². The molecule has 5 rings (SSSR count). The highest BCUT2D eigenvalue weighted by atomic mass is 35.5. The lowest BCUT2D eigenvalue weighted by Crippen LogP contribution is -2.46. The Kier molecular flexibility index (Phi) is 12.4. The predicted molar refractivity (Wildman–Crippen MR) is 178 cm³/mol. The van der Waals surface area contributed by atoms with Crippen molar-refractivity contribution in [1.82, 2.24) is 10.4 Å². The number of unbranched alkanes of at least 4 members (excludes halogenated alkanes) is 2. The van der Waals surface area contributed by atoms with Crippen LogP contribution in [0.3, 0.4) is 0 Å². The summed E-state index contributed by atoms with van der Waals surface area (Å²) in [5.41, 5.74) is 4.86. The second kappa shape index (κ2) is 16.7. The molecule has 0 aromatic heterocycles. The molecule has 2 saturated heterocycles. The van der Waals surface area contributed by atoms with Crippen molar-refractivity contribution in [2.75, 3.05) is 25.0 Å². The fourth-order valence-electron chi connectivity index (χ4n) is 6.27. The smallest absolute Gasteiger partial charge is 0.243 e. The van der Waals surface area contributed by atoms with Crippen molar-refractivity contribution >= 4 is 29.1 Å². The molecular formula is C36H44ClN3O7. The minimum Gasteiger partial charge on any atom is -0.392 e. The molecule has 10 nitrogen and oxygen atoms in total. The fraction of sp³-hybridized carbons (Fsp3) is 0.444. The molecule has 252 valence electrons. The van der Waals surface area contributed by atoms with E-state index in [1.165, 1.54) is 0 Å². The van der Waals surface area contributed by atoms with Crippen LogP contribution in [0.25, 0.3) is 0 Å². The Morgan fingerprint density at radius 1 is 0.894 bits per heavy atom. The summed E-state index contributed by atoms with van der Waals surface area (Å²) in [6, 6.07) is 22.7. The molecule has 3 unspecified atom stereocenters. The van der Waals surface area contributed by atoms with Crippen LogP contribution in [0.2, 0.25) is 5.02 Å². The summed E-state index contributed by atoms with van der Waals surface area (Å²) in [4.78, 5) is 26.1. The number of hydroxylamine groups is 1. The van der Waals surface area contributed by atoms with E-state index in [2.05, 4.69) is 10.2 Å². The first-order valence-corrected chi connectivity index (χ1v) is 16.7. The highest BCUT2D eigenvalue weighted by molar-refractivity contribution is 6.30. The van der Waals surface area contributed by atoms with Crippen LogP contribution in [0, 0.1) is 0 Å². The first-order chi connectivity index (χ1) is 22.7. The fourth-order valence-corrected chi connectivity index (χ4v) is 6.39. The van der Waals surface area contributed by atoms with E-state index < -0.39 is 17.8 Å². The summed E-state index contributed by atoms with van der Waals surface area (Å²) >= 11 is 6.07. The Bertz CT molecular complexity index is 1460. The van der Waals surface area contributed by atoms with E-state index in [-0.39, 0.29) is 31.1 Å². The maximum atomic E-state index is 12.6. The molecule has 3 aromatic carbocycles. The van der Waals surface area contributed by atoms with Crippen molar-refractivity contribution in [1.29, 1.82) is 0 Å². The largest absolute Gasteiger partial charge is 0.392 e. The van der Waals surface area contributed by atoms with Gasteiger partial charge in [-0.3, -0.25) is 14.8 Å². The Labute approximate surface area is 280 Å². The van der Waals surface area contributed by atoms with Gasteiger partial charge in [0.15, 0.2) is 6.29 Å². The first kappa shape index (κ1) is 35.0. The molecule has 0 bridgehead atoms. The Morgan fingerprint density at radius 2 is 1.60 bits per heavy atom. The molecule has 47 heavy (non-hydrogen) atoms. The van der Waals surface area contributed by atoms with Crippen LogP contribution in [-0.2, 0) is 31.3 Å². The van der Waals surface area contributed by atoms with E-state index in [0.29, 0.717) is 62.2 Å². The van der Waals surface area contributed by atoms with Gasteiger partial charge in [-0.25, -0.2) is 5.48 Å². The van der Waals surface area contributed by atoms with Crippen LogP contribution >= 0.6 is 11.6 Å². The van der Waals surface area contributed by atoms with Gasteiger partial charge in [0.05, 0.1) is 24.4 Å². The number of carbonyl (C=O) groups is 2. The minimum atomic E-state index is -0.890. The zero-order valence-corrected chi connectivity index (χ0v) is 27.2. The Balaban J connectivity index is 1.23. The average molecular weight is 666 g/mol. The molecular weight excluding hydrogens is 622 g/mol. The van der Waals surface area contributed by atoms with Gasteiger partial charge in [0, 0.05) is 55.2 Å². The minimum absolute atomic E-state index is 0.0309. The van der Waals surface area contributed by atoms with Crippen LogP contribution in [0.1, 0.15) is 86.0 Å².